The van der Waals surface area contributed by atoms with Crippen molar-refractivity contribution in [3.05, 3.63) is 70.5 Å². The molecule has 0 N–H and O–H groups in total. The predicted molar refractivity (Wildman–Crippen MR) is 125 cm³/mol. The minimum absolute atomic E-state index is 0.636. The van der Waals surface area contributed by atoms with Crippen molar-refractivity contribution in [3.63, 3.8) is 0 Å². The molecule has 1 saturated heterocycles. The Balaban J connectivity index is 1.39. The molecule has 0 atom stereocenters. The van der Waals surface area contributed by atoms with E-state index in [0.717, 1.165) is 66.2 Å². The molecule has 6 nitrogen and oxygen atoms in total. The number of hydrogen-bond donors (Lipinski definition) is 0. The first-order valence-corrected chi connectivity index (χ1v) is 11.5. The van der Waals surface area contributed by atoms with E-state index in [-0.39, 0.29) is 0 Å². The zero-order valence-corrected chi connectivity index (χ0v) is 18.5. The monoisotopic (exact) mass is 448 g/mol. The van der Waals surface area contributed by atoms with Crippen LogP contribution in [0.1, 0.15) is 17.7 Å². The number of fused-ring (bicyclic) bond motifs is 1. The van der Waals surface area contributed by atoms with Gasteiger partial charge in [-0.1, -0.05) is 23.7 Å². The first kappa shape index (κ1) is 20.0. The van der Waals surface area contributed by atoms with Crippen LogP contribution in [0.3, 0.4) is 0 Å². The van der Waals surface area contributed by atoms with Crippen LogP contribution < -0.4 is 4.90 Å². The van der Waals surface area contributed by atoms with Gasteiger partial charge in [-0.3, -0.25) is 9.30 Å². The van der Waals surface area contributed by atoms with Crippen LogP contribution in [-0.2, 0) is 6.54 Å². The average Bonchev–Trinajstić information content (AvgIpc) is 3.30. The average molecular weight is 449 g/mol. The summed E-state index contributed by atoms with van der Waals surface area (Å²) in [6, 6.07) is 13.8. The number of nitrogens with zero attached hydrogens (tertiary/aromatic N) is 6. The maximum atomic E-state index is 9.43. The Morgan fingerprint density at radius 2 is 1.97 bits per heavy atom. The molecule has 0 saturated carbocycles. The molecule has 0 spiro atoms. The van der Waals surface area contributed by atoms with Crippen molar-refractivity contribution in [2.75, 3.05) is 31.1 Å². The van der Waals surface area contributed by atoms with Crippen LogP contribution >= 0.6 is 22.9 Å². The van der Waals surface area contributed by atoms with Gasteiger partial charge in [-0.15, -0.1) is 11.3 Å². The molecule has 0 bridgehead atoms. The third-order valence-electron chi connectivity index (χ3n) is 5.65. The zero-order chi connectivity index (χ0) is 21.2. The minimum Gasteiger partial charge on any atom is -0.354 e. The van der Waals surface area contributed by atoms with Crippen molar-refractivity contribution in [2.45, 2.75) is 13.0 Å². The topological polar surface area (TPSA) is 60.5 Å². The lowest BCUT2D eigenvalue weighted by Gasteiger charge is -2.23. The fraction of sp³-hybridized carbons (Fsp3) is 0.261. The molecule has 8 heteroatoms. The maximum absolute atomic E-state index is 9.43. The molecule has 0 radical (unpaired) electrons. The number of imidazole rings is 1. The highest BCUT2D eigenvalue weighted by molar-refractivity contribution is 7.15. The van der Waals surface area contributed by atoms with E-state index in [1.807, 2.05) is 36.4 Å². The minimum atomic E-state index is 0.636. The van der Waals surface area contributed by atoms with E-state index in [4.69, 9.17) is 16.6 Å². The lowest BCUT2D eigenvalue weighted by molar-refractivity contribution is 0.282. The normalized spacial score (nSPS) is 15.2. The van der Waals surface area contributed by atoms with Crippen LogP contribution in [0.5, 0.6) is 0 Å². The van der Waals surface area contributed by atoms with Crippen LogP contribution in [0.25, 0.3) is 16.2 Å². The predicted octanol–water partition coefficient (Wildman–Crippen LogP) is 4.70. The Labute approximate surface area is 190 Å². The van der Waals surface area contributed by atoms with Gasteiger partial charge in [-0.05, 0) is 30.7 Å². The number of benzene rings is 1. The van der Waals surface area contributed by atoms with E-state index in [1.54, 1.807) is 17.5 Å². The highest BCUT2D eigenvalue weighted by Gasteiger charge is 2.22. The van der Waals surface area contributed by atoms with E-state index in [2.05, 4.69) is 36.8 Å². The molecule has 0 aliphatic carbocycles. The van der Waals surface area contributed by atoms with Crippen molar-refractivity contribution in [1.82, 2.24) is 19.3 Å². The second-order valence-electron chi connectivity index (χ2n) is 7.57. The van der Waals surface area contributed by atoms with Crippen molar-refractivity contribution in [3.8, 4) is 17.3 Å². The number of halogens is 1. The van der Waals surface area contributed by atoms with Gasteiger partial charge in [0.15, 0.2) is 4.96 Å². The molecular formula is C23H21ClN6S. The molecule has 0 unspecified atom stereocenters. The number of thiazole rings is 1. The summed E-state index contributed by atoms with van der Waals surface area (Å²) in [5.41, 5.74) is 3.93. The molecule has 156 valence electrons. The second-order valence-corrected chi connectivity index (χ2v) is 8.88. The number of nitriles is 1. The summed E-state index contributed by atoms with van der Waals surface area (Å²) in [5.74, 6) is 0.790. The standard InChI is InChI=1S/C23H21ClN6S/c24-19-6-4-17(5-7-19)21-20(30-13-14-31-23(30)27-21)16-28-9-2-10-29(12-11-28)22-18(15-25)3-1-8-26-22/h1,3-8,13-14H,2,9-12,16H2. The first-order chi connectivity index (χ1) is 15.2. The Kier molecular flexibility index (Phi) is 5.60. The van der Waals surface area contributed by atoms with Gasteiger partial charge in [0.2, 0.25) is 0 Å². The van der Waals surface area contributed by atoms with Gasteiger partial charge in [0, 0.05) is 61.1 Å². The molecule has 5 rings (SSSR count). The fourth-order valence-corrected chi connectivity index (χ4v) is 4.97. The van der Waals surface area contributed by atoms with Crippen LogP contribution in [0.15, 0.2) is 54.2 Å². The Morgan fingerprint density at radius 3 is 2.81 bits per heavy atom. The second kappa shape index (κ2) is 8.67. The summed E-state index contributed by atoms with van der Waals surface area (Å²) >= 11 is 7.74. The van der Waals surface area contributed by atoms with Gasteiger partial charge in [0.1, 0.15) is 11.9 Å². The molecule has 1 aliphatic heterocycles. The molecule has 1 aromatic carbocycles. The molecule has 31 heavy (non-hydrogen) atoms. The molecular weight excluding hydrogens is 428 g/mol. The number of rotatable bonds is 4. The first-order valence-electron chi connectivity index (χ1n) is 10.3. The van der Waals surface area contributed by atoms with Crippen molar-refractivity contribution >= 4 is 33.7 Å². The lowest BCUT2D eigenvalue weighted by atomic mass is 10.1. The number of anilines is 1. The smallest absolute Gasteiger partial charge is 0.194 e. The van der Waals surface area contributed by atoms with Crippen LogP contribution in [0.4, 0.5) is 5.82 Å². The quantitative estimate of drug-likeness (QED) is 0.453. The number of pyridine rings is 1. The highest BCUT2D eigenvalue weighted by Crippen LogP contribution is 2.29. The van der Waals surface area contributed by atoms with E-state index >= 15 is 0 Å². The van der Waals surface area contributed by atoms with Gasteiger partial charge in [-0.2, -0.15) is 5.26 Å². The van der Waals surface area contributed by atoms with Gasteiger partial charge < -0.3 is 4.90 Å². The van der Waals surface area contributed by atoms with Gasteiger partial charge in [-0.25, -0.2) is 9.97 Å². The lowest BCUT2D eigenvalue weighted by Crippen LogP contribution is -2.31. The maximum Gasteiger partial charge on any atom is 0.194 e. The Hall–Kier alpha value is -2.92. The summed E-state index contributed by atoms with van der Waals surface area (Å²) < 4.78 is 2.20. The number of aromatic nitrogens is 3. The SMILES string of the molecule is N#Cc1cccnc1N1CCCN(Cc2c(-c3ccc(Cl)cc3)nc3sccn23)CC1. The van der Waals surface area contributed by atoms with E-state index in [9.17, 15) is 5.26 Å². The third kappa shape index (κ3) is 4.02. The van der Waals surface area contributed by atoms with E-state index in [1.165, 1.54) is 5.69 Å². The molecule has 1 fully saturated rings. The largest absolute Gasteiger partial charge is 0.354 e. The summed E-state index contributed by atoms with van der Waals surface area (Å²) in [5, 5.41) is 12.2. The summed E-state index contributed by atoms with van der Waals surface area (Å²) in [6.45, 7) is 4.44. The summed E-state index contributed by atoms with van der Waals surface area (Å²) in [7, 11) is 0. The highest BCUT2D eigenvalue weighted by atomic mass is 35.5. The zero-order valence-electron chi connectivity index (χ0n) is 16.9. The van der Waals surface area contributed by atoms with Crippen molar-refractivity contribution in [2.24, 2.45) is 0 Å². The van der Waals surface area contributed by atoms with Crippen LogP contribution in [-0.4, -0.2) is 45.4 Å². The fourth-order valence-electron chi connectivity index (χ4n) is 4.11. The third-order valence-corrected chi connectivity index (χ3v) is 6.66. The summed E-state index contributed by atoms with van der Waals surface area (Å²) in [6.07, 6.45) is 4.87. The number of hydrogen-bond acceptors (Lipinski definition) is 6. The van der Waals surface area contributed by atoms with Crippen molar-refractivity contribution in [1.29, 1.82) is 5.26 Å². The van der Waals surface area contributed by atoms with Gasteiger partial charge in [0.25, 0.3) is 0 Å². The molecule has 1 aliphatic rings. The molecule has 0 amide bonds. The molecule has 3 aromatic heterocycles. The van der Waals surface area contributed by atoms with Crippen LogP contribution in [0, 0.1) is 11.3 Å². The Bertz CT molecular complexity index is 1240. The van der Waals surface area contributed by atoms with Crippen molar-refractivity contribution < 1.29 is 0 Å². The van der Waals surface area contributed by atoms with Gasteiger partial charge >= 0.3 is 0 Å². The molecule has 4 aromatic rings. The van der Waals surface area contributed by atoms with Gasteiger partial charge in [0.05, 0.1) is 17.0 Å². The van der Waals surface area contributed by atoms with E-state index < -0.39 is 0 Å². The van der Waals surface area contributed by atoms with Crippen LogP contribution in [0.2, 0.25) is 5.02 Å². The Morgan fingerprint density at radius 1 is 1.10 bits per heavy atom. The summed E-state index contributed by atoms with van der Waals surface area (Å²) in [4.78, 5) is 15.1. The van der Waals surface area contributed by atoms with E-state index in [0.29, 0.717) is 5.56 Å². The molecule has 4 heterocycles.